The molecular weight excluding hydrogens is 136 g/mol. The molecule has 0 heterocycles. The van der Waals surface area contributed by atoms with Gasteiger partial charge in [0.1, 0.15) is 0 Å². The second kappa shape index (κ2) is 2.40. The van der Waals surface area contributed by atoms with Crippen LogP contribution in [0.4, 0.5) is 0 Å². The van der Waals surface area contributed by atoms with Gasteiger partial charge in [0.15, 0.2) is 0 Å². The minimum absolute atomic E-state index is 0.0838. The van der Waals surface area contributed by atoms with Crippen LogP contribution in [0.15, 0.2) is 23.5 Å². The van der Waals surface area contributed by atoms with Crippen LogP contribution in [-0.4, -0.2) is 5.11 Å². The first kappa shape index (κ1) is 8.38. The summed E-state index contributed by atoms with van der Waals surface area (Å²) in [7, 11) is 0. The highest BCUT2D eigenvalue weighted by Gasteiger charge is 2.31. The van der Waals surface area contributed by atoms with Crippen molar-refractivity contribution in [3.05, 3.63) is 23.5 Å². The average molecular weight is 152 g/mol. The molecule has 0 aromatic carbocycles. The van der Waals surface area contributed by atoms with E-state index in [2.05, 4.69) is 26.8 Å². The van der Waals surface area contributed by atoms with Crippen LogP contribution in [-0.2, 0) is 0 Å². The van der Waals surface area contributed by atoms with Gasteiger partial charge in [0.25, 0.3) is 0 Å². The topological polar surface area (TPSA) is 20.2 Å². The van der Waals surface area contributed by atoms with E-state index in [1.807, 2.05) is 13.0 Å². The molecule has 1 atom stereocenters. The molecule has 62 valence electrons. The molecule has 1 aliphatic carbocycles. The lowest BCUT2D eigenvalue weighted by Gasteiger charge is -2.32. The van der Waals surface area contributed by atoms with Crippen molar-refractivity contribution in [3.63, 3.8) is 0 Å². The summed E-state index contributed by atoms with van der Waals surface area (Å²) in [6.45, 7) is 8.27. The first-order chi connectivity index (χ1) is 4.94. The van der Waals surface area contributed by atoms with E-state index in [4.69, 9.17) is 0 Å². The van der Waals surface area contributed by atoms with Crippen molar-refractivity contribution in [2.45, 2.75) is 27.7 Å². The molecule has 0 bridgehead atoms. The van der Waals surface area contributed by atoms with E-state index in [9.17, 15) is 5.11 Å². The van der Waals surface area contributed by atoms with E-state index in [-0.39, 0.29) is 5.41 Å². The van der Waals surface area contributed by atoms with Gasteiger partial charge < -0.3 is 5.11 Å². The van der Waals surface area contributed by atoms with Crippen LogP contribution >= 0.6 is 0 Å². The molecular formula is C10H16O. The molecule has 0 radical (unpaired) electrons. The lowest BCUT2D eigenvalue weighted by atomic mass is 9.74. The summed E-state index contributed by atoms with van der Waals surface area (Å²) in [4.78, 5) is 0. The summed E-state index contributed by atoms with van der Waals surface area (Å²) in [6, 6.07) is 0. The molecule has 1 N–H and O–H groups in total. The molecule has 0 saturated heterocycles. The summed E-state index contributed by atoms with van der Waals surface area (Å²) >= 11 is 0. The van der Waals surface area contributed by atoms with Crippen molar-refractivity contribution < 1.29 is 5.11 Å². The molecule has 1 heteroatoms. The van der Waals surface area contributed by atoms with Crippen LogP contribution in [0, 0.1) is 11.3 Å². The number of aliphatic hydroxyl groups excluding tert-OH is 1. The Kier molecular flexibility index (Phi) is 1.83. The molecule has 0 fully saturated rings. The quantitative estimate of drug-likeness (QED) is 0.565. The molecule has 1 rings (SSSR count). The predicted molar refractivity (Wildman–Crippen MR) is 47.4 cm³/mol. The largest absolute Gasteiger partial charge is 0.512 e. The lowest BCUT2D eigenvalue weighted by molar-refractivity contribution is 0.207. The van der Waals surface area contributed by atoms with Gasteiger partial charge in [0.05, 0.1) is 5.76 Å². The van der Waals surface area contributed by atoms with Crippen LogP contribution < -0.4 is 0 Å². The van der Waals surface area contributed by atoms with Gasteiger partial charge in [-0.2, -0.15) is 0 Å². The van der Waals surface area contributed by atoms with Crippen molar-refractivity contribution >= 4 is 0 Å². The smallest absolute Gasteiger partial charge is 0.0986 e. The Morgan fingerprint density at radius 2 is 2.00 bits per heavy atom. The standard InChI is InChI=1S/C10H16O/c1-7-5-8(2)10(3,4)9(11)6-7/h5-6,8,11H,1-4H3. The van der Waals surface area contributed by atoms with Gasteiger partial charge in [-0.1, -0.05) is 32.4 Å². The van der Waals surface area contributed by atoms with Crippen LogP contribution in [0.25, 0.3) is 0 Å². The van der Waals surface area contributed by atoms with Crippen molar-refractivity contribution in [1.29, 1.82) is 0 Å². The number of hydrogen-bond acceptors (Lipinski definition) is 1. The molecule has 1 aliphatic rings. The predicted octanol–water partition coefficient (Wildman–Crippen LogP) is 3.05. The molecule has 0 aromatic heterocycles. The van der Waals surface area contributed by atoms with Crippen molar-refractivity contribution in [2.24, 2.45) is 11.3 Å². The Morgan fingerprint density at radius 1 is 1.45 bits per heavy atom. The third kappa shape index (κ3) is 1.32. The van der Waals surface area contributed by atoms with Crippen LogP contribution in [0.1, 0.15) is 27.7 Å². The van der Waals surface area contributed by atoms with Gasteiger partial charge in [-0.15, -0.1) is 0 Å². The van der Waals surface area contributed by atoms with E-state index in [1.165, 1.54) is 0 Å². The fourth-order valence-electron chi connectivity index (χ4n) is 1.29. The highest BCUT2D eigenvalue weighted by molar-refractivity contribution is 5.28. The molecule has 0 aliphatic heterocycles. The van der Waals surface area contributed by atoms with Crippen LogP contribution in [0.2, 0.25) is 0 Å². The molecule has 1 nitrogen and oxygen atoms in total. The summed E-state index contributed by atoms with van der Waals surface area (Å²) in [6.07, 6.45) is 4.04. The average Bonchev–Trinajstić information content (AvgIpc) is 1.84. The number of aliphatic hydroxyl groups is 1. The van der Waals surface area contributed by atoms with E-state index in [1.54, 1.807) is 0 Å². The van der Waals surface area contributed by atoms with Crippen molar-refractivity contribution in [2.75, 3.05) is 0 Å². The first-order valence-corrected chi connectivity index (χ1v) is 4.04. The van der Waals surface area contributed by atoms with Crippen molar-refractivity contribution in [3.8, 4) is 0 Å². The third-order valence-corrected chi connectivity index (χ3v) is 2.68. The zero-order valence-corrected chi connectivity index (χ0v) is 7.68. The summed E-state index contributed by atoms with van der Waals surface area (Å²) in [5, 5.41) is 9.60. The first-order valence-electron chi connectivity index (χ1n) is 4.04. The molecule has 1 unspecified atom stereocenters. The maximum absolute atomic E-state index is 9.60. The molecule has 0 saturated carbocycles. The van der Waals surface area contributed by atoms with Gasteiger partial charge in [-0.05, 0) is 18.9 Å². The molecule has 0 spiro atoms. The lowest BCUT2D eigenvalue weighted by Crippen LogP contribution is -2.25. The minimum atomic E-state index is -0.0838. The van der Waals surface area contributed by atoms with Gasteiger partial charge in [-0.3, -0.25) is 0 Å². The Bertz CT molecular complexity index is 221. The molecule has 0 aromatic rings. The zero-order chi connectivity index (χ0) is 8.65. The normalized spacial score (nSPS) is 29.3. The maximum atomic E-state index is 9.60. The summed E-state index contributed by atoms with van der Waals surface area (Å²) in [5.41, 5.74) is 1.08. The van der Waals surface area contributed by atoms with E-state index >= 15 is 0 Å². The van der Waals surface area contributed by atoms with E-state index in [0.717, 1.165) is 5.57 Å². The SMILES string of the molecule is CC1=CC(C)C(C)(C)C(O)=C1. The Balaban J connectivity index is 3.01. The van der Waals surface area contributed by atoms with Gasteiger partial charge in [0.2, 0.25) is 0 Å². The summed E-state index contributed by atoms with van der Waals surface area (Å²) in [5.74, 6) is 0.928. The van der Waals surface area contributed by atoms with Crippen LogP contribution in [0.5, 0.6) is 0 Å². The number of rotatable bonds is 0. The van der Waals surface area contributed by atoms with Gasteiger partial charge in [-0.25, -0.2) is 0 Å². The number of allylic oxidation sites excluding steroid dienone is 4. The van der Waals surface area contributed by atoms with Gasteiger partial charge >= 0.3 is 0 Å². The minimum Gasteiger partial charge on any atom is -0.512 e. The van der Waals surface area contributed by atoms with E-state index < -0.39 is 0 Å². The van der Waals surface area contributed by atoms with E-state index in [0.29, 0.717) is 11.7 Å². The summed E-state index contributed by atoms with van der Waals surface area (Å²) < 4.78 is 0. The van der Waals surface area contributed by atoms with Crippen LogP contribution in [0.3, 0.4) is 0 Å². The highest BCUT2D eigenvalue weighted by atomic mass is 16.3. The monoisotopic (exact) mass is 152 g/mol. The third-order valence-electron chi connectivity index (χ3n) is 2.68. The number of hydrogen-bond donors (Lipinski definition) is 1. The second-order valence-electron chi connectivity index (χ2n) is 3.95. The van der Waals surface area contributed by atoms with Crippen molar-refractivity contribution in [1.82, 2.24) is 0 Å². The molecule has 11 heavy (non-hydrogen) atoms. The fourth-order valence-corrected chi connectivity index (χ4v) is 1.29. The Hall–Kier alpha value is -0.720. The van der Waals surface area contributed by atoms with Gasteiger partial charge in [0, 0.05) is 5.41 Å². The Labute approximate surface area is 68.4 Å². The zero-order valence-electron chi connectivity index (χ0n) is 7.68. The highest BCUT2D eigenvalue weighted by Crippen LogP contribution is 2.38. The maximum Gasteiger partial charge on any atom is 0.0986 e. The molecule has 0 amide bonds. The Morgan fingerprint density at radius 3 is 2.45 bits per heavy atom. The second-order valence-corrected chi connectivity index (χ2v) is 3.95. The fraction of sp³-hybridized carbons (Fsp3) is 0.600.